The fourth-order valence-corrected chi connectivity index (χ4v) is 3.42. The minimum absolute atomic E-state index is 0.720. The van der Waals surface area contributed by atoms with Crippen LogP contribution in [0.15, 0.2) is 29.3 Å². The third-order valence-electron chi connectivity index (χ3n) is 4.34. The zero-order valence-corrected chi connectivity index (χ0v) is 15.3. The summed E-state index contributed by atoms with van der Waals surface area (Å²) in [4.78, 5) is 9.11. The Morgan fingerprint density at radius 2 is 2.30 bits per heavy atom. The maximum absolute atomic E-state index is 6.06. The van der Waals surface area contributed by atoms with Crippen molar-refractivity contribution >= 4 is 17.6 Å². The highest BCUT2D eigenvalue weighted by atomic mass is 35.5. The summed E-state index contributed by atoms with van der Waals surface area (Å²) in [6.45, 7) is 7.70. The highest BCUT2D eigenvalue weighted by Crippen LogP contribution is 2.16. The van der Waals surface area contributed by atoms with Gasteiger partial charge in [0.25, 0.3) is 0 Å². The minimum atomic E-state index is 0.720. The first kappa shape index (κ1) is 18.1. The molecule has 0 amide bonds. The Bertz CT molecular complexity index is 517. The first-order valence-electron chi connectivity index (χ1n) is 8.51. The van der Waals surface area contributed by atoms with Crippen molar-refractivity contribution in [3.8, 4) is 0 Å². The molecule has 1 atom stereocenters. The first-order valence-corrected chi connectivity index (χ1v) is 8.88. The molecule has 1 fully saturated rings. The smallest absolute Gasteiger partial charge is 0.193 e. The average molecular weight is 337 g/mol. The predicted octanol–water partition coefficient (Wildman–Crippen LogP) is 3.08. The zero-order valence-electron chi connectivity index (χ0n) is 14.6. The summed E-state index contributed by atoms with van der Waals surface area (Å²) < 4.78 is 0. The van der Waals surface area contributed by atoms with Crippen LogP contribution in [0.2, 0.25) is 5.02 Å². The SMILES string of the molecule is CCCN1CCC(CNC(=NC)N(C)Cc2cccc(Cl)c2)C1. The highest BCUT2D eigenvalue weighted by molar-refractivity contribution is 6.30. The summed E-state index contributed by atoms with van der Waals surface area (Å²) in [7, 11) is 3.91. The second-order valence-corrected chi connectivity index (χ2v) is 6.81. The van der Waals surface area contributed by atoms with Crippen molar-refractivity contribution < 1.29 is 0 Å². The van der Waals surface area contributed by atoms with Crippen molar-refractivity contribution in [2.24, 2.45) is 10.9 Å². The van der Waals surface area contributed by atoms with Crippen molar-refractivity contribution in [2.75, 3.05) is 40.3 Å². The van der Waals surface area contributed by atoms with E-state index in [1.54, 1.807) is 0 Å². The lowest BCUT2D eigenvalue weighted by Crippen LogP contribution is -2.41. The standard InChI is InChI=1S/C18H29ClN4/c1-4-9-23-10-8-16(14-23)12-21-18(20-2)22(3)13-15-6-5-7-17(19)11-15/h5-7,11,16H,4,8-10,12-14H2,1-3H3,(H,20,21). The maximum atomic E-state index is 6.06. The van der Waals surface area contributed by atoms with Gasteiger partial charge in [0.15, 0.2) is 5.96 Å². The molecule has 1 N–H and O–H groups in total. The number of likely N-dealkylation sites (tertiary alicyclic amines) is 1. The van der Waals surface area contributed by atoms with E-state index in [9.17, 15) is 0 Å². The van der Waals surface area contributed by atoms with Crippen LogP contribution < -0.4 is 5.32 Å². The Labute approximate surface area is 145 Å². The third kappa shape index (κ3) is 5.70. The van der Waals surface area contributed by atoms with E-state index in [1.807, 2.05) is 25.2 Å². The monoisotopic (exact) mass is 336 g/mol. The Kier molecular flexibility index (Phi) is 7.18. The van der Waals surface area contributed by atoms with Gasteiger partial charge >= 0.3 is 0 Å². The number of nitrogens with one attached hydrogen (secondary N) is 1. The predicted molar refractivity (Wildman–Crippen MR) is 99.1 cm³/mol. The first-order chi connectivity index (χ1) is 11.1. The number of hydrogen-bond donors (Lipinski definition) is 1. The summed E-state index contributed by atoms with van der Waals surface area (Å²) >= 11 is 6.06. The van der Waals surface area contributed by atoms with E-state index < -0.39 is 0 Å². The molecule has 5 heteroatoms. The second-order valence-electron chi connectivity index (χ2n) is 6.37. The van der Waals surface area contributed by atoms with Gasteiger partial charge in [-0.25, -0.2) is 0 Å². The summed E-state index contributed by atoms with van der Waals surface area (Å²) in [6.07, 6.45) is 2.52. The van der Waals surface area contributed by atoms with Crippen LogP contribution in [-0.4, -0.2) is 56.0 Å². The zero-order chi connectivity index (χ0) is 16.7. The number of benzene rings is 1. The van der Waals surface area contributed by atoms with E-state index in [2.05, 4.69) is 40.1 Å². The van der Waals surface area contributed by atoms with E-state index in [1.165, 1.54) is 38.0 Å². The molecule has 1 aromatic carbocycles. The van der Waals surface area contributed by atoms with Gasteiger partial charge in [-0.05, 0) is 49.5 Å². The summed E-state index contributed by atoms with van der Waals surface area (Å²) in [5.41, 5.74) is 1.19. The van der Waals surface area contributed by atoms with Crippen molar-refractivity contribution in [3.63, 3.8) is 0 Å². The Balaban J connectivity index is 1.81. The lowest BCUT2D eigenvalue weighted by Gasteiger charge is -2.24. The van der Waals surface area contributed by atoms with E-state index in [0.717, 1.165) is 30.0 Å². The normalized spacial score (nSPS) is 19.1. The van der Waals surface area contributed by atoms with Crippen LogP contribution in [0.5, 0.6) is 0 Å². The number of guanidine groups is 1. The molecule has 0 saturated carbocycles. The Morgan fingerprint density at radius 3 is 3.00 bits per heavy atom. The average Bonchev–Trinajstić information content (AvgIpc) is 2.96. The molecule has 1 aliphatic heterocycles. The van der Waals surface area contributed by atoms with Crippen LogP contribution in [0.4, 0.5) is 0 Å². The quantitative estimate of drug-likeness (QED) is 0.639. The van der Waals surface area contributed by atoms with Gasteiger partial charge in [0, 0.05) is 38.8 Å². The van der Waals surface area contributed by atoms with Crippen molar-refractivity contribution in [1.82, 2.24) is 15.1 Å². The molecule has 23 heavy (non-hydrogen) atoms. The van der Waals surface area contributed by atoms with E-state index >= 15 is 0 Å². The second kappa shape index (κ2) is 9.14. The van der Waals surface area contributed by atoms with Crippen molar-refractivity contribution in [1.29, 1.82) is 0 Å². The molecular weight excluding hydrogens is 308 g/mol. The van der Waals surface area contributed by atoms with Crippen LogP contribution in [0.3, 0.4) is 0 Å². The van der Waals surface area contributed by atoms with E-state index in [4.69, 9.17) is 11.6 Å². The largest absolute Gasteiger partial charge is 0.356 e. The van der Waals surface area contributed by atoms with Crippen molar-refractivity contribution in [3.05, 3.63) is 34.9 Å². The molecule has 2 rings (SSSR count). The number of aliphatic imine (C=N–C) groups is 1. The molecule has 1 heterocycles. The molecule has 4 nitrogen and oxygen atoms in total. The lowest BCUT2D eigenvalue weighted by atomic mass is 10.1. The van der Waals surface area contributed by atoms with Gasteiger partial charge in [-0.15, -0.1) is 0 Å². The van der Waals surface area contributed by atoms with Crippen LogP contribution in [0.1, 0.15) is 25.3 Å². The molecule has 1 aromatic rings. The maximum Gasteiger partial charge on any atom is 0.193 e. The van der Waals surface area contributed by atoms with Gasteiger partial charge in [0.1, 0.15) is 0 Å². The highest BCUT2D eigenvalue weighted by Gasteiger charge is 2.22. The molecule has 0 spiro atoms. The fraction of sp³-hybridized carbons (Fsp3) is 0.611. The molecule has 1 aliphatic rings. The Morgan fingerprint density at radius 1 is 1.48 bits per heavy atom. The van der Waals surface area contributed by atoms with Crippen LogP contribution in [0.25, 0.3) is 0 Å². The van der Waals surface area contributed by atoms with Crippen molar-refractivity contribution in [2.45, 2.75) is 26.3 Å². The topological polar surface area (TPSA) is 30.9 Å². The van der Waals surface area contributed by atoms with Crippen LogP contribution in [-0.2, 0) is 6.54 Å². The minimum Gasteiger partial charge on any atom is -0.356 e. The van der Waals surface area contributed by atoms with Gasteiger partial charge in [0.2, 0.25) is 0 Å². The van der Waals surface area contributed by atoms with Gasteiger partial charge in [-0.2, -0.15) is 0 Å². The van der Waals surface area contributed by atoms with Crippen LogP contribution >= 0.6 is 11.6 Å². The van der Waals surface area contributed by atoms with E-state index in [-0.39, 0.29) is 0 Å². The summed E-state index contributed by atoms with van der Waals surface area (Å²) in [5.74, 6) is 1.66. The molecule has 0 radical (unpaired) electrons. The summed E-state index contributed by atoms with van der Waals surface area (Å²) in [6, 6.07) is 7.99. The Hall–Kier alpha value is -1.26. The van der Waals surface area contributed by atoms with Gasteiger partial charge in [0.05, 0.1) is 0 Å². The molecule has 0 aliphatic carbocycles. The number of hydrogen-bond acceptors (Lipinski definition) is 2. The number of halogens is 1. The molecule has 0 bridgehead atoms. The van der Waals surface area contributed by atoms with E-state index in [0.29, 0.717) is 0 Å². The third-order valence-corrected chi connectivity index (χ3v) is 4.58. The number of nitrogens with zero attached hydrogens (tertiary/aromatic N) is 3. The van der Waals surface area contributed by atoms with Gasteiger partial charge in [-0.1, -0.05) is 30.7 Å². The summed E-state index contributed by atoms with van der Waals surface area (Å²) in [5, 5.41) is 4.30. The van der Waals surface area contributed by atoms with Gasteiger partial charge < -0.3 is 15.1 Å². The molecule has 128 valence electrons. The molecule has 1 unspecified atom stereocenters. The molecule has 0 aromatic heterocycles. The van der Waals surface area contributed by atoms with Crippen LogP contribution in [0, 0.1) is 5.92 Å². The van der Waals surface area contributed by atoms with Gasteiger partial charge in [-0.3, -0.25) is 4.99 Å². The molecule has 1 saturated heterocycles. The number of rotatable bonds is 6. The fourth-order valence-electron chi connectivity index (χ4n) is 3.20. The molecular formula is C18H29ClN4. The lowest BCUT2D eigenvalue weighted by molar-refractivity contribution is 0.324.